The molecule has 1 atom stereocenters. The summed E-state index contributed by atoms with van der Waals surface area (Å²) in [5.41, 5.74) is 1.13. The Morgan fingerprint density at radius 3 is 2.46 bits per heavy atom. The molecule has 4 amide bonds. The number of nitrogens with one attached hydrogen (secondary N) is 1. The van der Waals surface area contributed by atoms with Crippen LogP contribution < -0.4 is 10.2 Å². The number of carbonyl (C=O) groups is 3. The molecule has 0 aliphatic carbocycles. The van der Waals surface area contributed by atoms with Gasteiger partial charge in [-0.25, -0.2) is 4.79 Å². The van der Waals surface area contributed by atoms with E-state index in [1.54, 1.807) is 0 Å². The highest BCUT2D eigenvalue weighted by molar-refractivity contribution is 6.05. The second-order valence-electron chi connectivity index (χ2n) is 5.97. The molecule has 7 heteroatoms. The molecule has 0 unspecified atom stereocenters. The van der Waals surface area contributed by atoms with Gasteiger partial charge in [-0.05, 0) is 18.6 Å². The number of amides is 4. The molecule has 1 aliphatic heterocycles. The monoisotopic (exact) mass is 332 g/mol. The summed E-state index contributed by atoms with van der Waals surface area (Å²) in [4.78, 5) is 40.0. The molecule has 1 aromatic carbocycles. The lowest BCUT2D eigenvalue weighted by Crippen LogP contribution is -2.38. The summed E-state index contributed by atoms with van der Waals surface area (Å²) in [5, 5.41) is 2.81. The first-order valence-electron chi connectivity index (χ1n) is 7.99. The third-order valence-electron chi connectivity index (χ3n) is 4.24. The Morgan fingerprint density at radius 2 is 1.88 bits per heavy atom. The normalized spacial score (nSPS) is 17.4. The first-order valence-corrected chi connectivity index (χ1v) is 7.99. The van der Waals surface area contributed by atoms with Crippen molar-refractivity contribution in [3.05, 3.63) is 30.3 Å². The van der Waals surface area contributed by atoms with Gasteiger partial charge in [0.1, 0.15) is 6.04 Å². The molecule has 1 fully saturated rings. The molecule has 7 nitrogen and oxygen atoms in total. The molecule has 0 aromatic heterocycles. The summed E-state index contributed by atoms with van der Waals surface area (Å²) in [5.74, 6) is -0.549. The molecular formula is C17H24N4O3. The zero-order chi connectivity index (χ0) is 17.7. The highest BCUT2D eigenvalue weighted by Crippen LogP contribution is 2.16. The zero-order valence-electron chi connectivity index (χ0n) is 14.4. The smallest absolute Gasteiger partial charge is 0.326 e. The van der Waals surface area contributed by atoms with Crippen molar-refractivity contribution in [2.24, 2.45) is 0 Å². The minimum atomic E-state index is -0.700. The van der Waals surface area contributed by atoms with Gasteiger partial charge in [-0.3, -0.25) is 14.5 Å². The van der Waals surface area contributed by atoms with E-state index in [9.17, 15) is 14.4 Å². The molecule has 2 rings (SSSR count). The fraction of sp³-hybridized carbons (Fsp3) is 0.471. The van der Waals surface area contributed by atoms with Crippen molar-refractivity contribution in [2.75, 3.05) is 39.1 Å². The molecular weight excluding hydrogens is 308 g/mol. The van der Waals surface area contributed by atoms with Crippen molar-refractivity contribution in [2.45, 2.75) is 18.9 Å². The van der Waals surface area contributed by atoms with Crippen molar-refractivity contribution in [3.63, 3.8) is 0 Å². The lowest BCUT2D eigenvalue weighted by Gasteiger charge is -2.19. The Balaban J connectivity index is 1.70. The van der Waals surface area contributed by atoms with Crippen LogP contribution in [0, 0.1) is 0 Å². The number of hydrogen-bond donors (Lipinski definition) is 1. The van der Waals surface area contributed by atoms with E-state index in [1.165, 1.54) is 19.0 Å². The Hall–Kier alpha value is -2.57. The molecule has 1 aromatic rings. The number of benzene rings is 1. The zero-order valence-corrected chi connectivity index (χ0v) is 14.4. The van der Waals surface area contributed by atoms with Crippen LogP contribution in [-0.4, -0.2) is 67.9 Å². The van der Waals surface area contributed by atoms with Crippen molar-refractivity contribution < 1.29 is 14.4 Å². The first-order chi connectivity index (χ1) is 11.4. The number of anilines is 1. The van der Waals surface area contributed by atoms with E-state index in [1.807, 2.05) is 37.4 Å². The third kappa shape index (κ3) is 4.04. The van der Waals surface area contributed by atoms with Crippen LogP contribution in [0.5, 0.6) is 0 Å². The predicted octanol–water partition coefficient (Wildman–Crippen LogP) is 0.912. The Bertz CT molecular complexity index is 605. The van der Waals surface area contributed by atoms with Gasteiger partial charge in [0.05, 0.1) is 6.42 Å². The molecule has 1 aliphatic rings. The number of nitrogens with zero attached hydrogens (tertiary/aromatic N) is 3. The highest BCUT2D eigenvalue weighted by atomic mass is 16.2. The van der Waals surface area contributed by atoms with Crippen molar-refractivity contribution in [3.8, 4) is 0 Å². The average Bonchev–Trinajstić information content (AvgIpc) is 2.77. The van der Waals surface area contributed by atoms with E-state index in [4.69, 9.17) is 0 Å². The fourth-order valence-electron chi connectivity index (χ4n) is 2.68. The SMILES string of the molecule is CN1C(=O)[C@H](CC(=O)NCCCN(C)c2ccccc2)N(C)C1=O. The highest BCUT2D eigenvalue weighted by Gasteiger charge is 2.41. The van der Waals surface area contributed by atoms with Gasteiger partial charge in [0, 0.05) is 39.9 Å². The van der Waals surface area contributed by atoms with Crippen LogP contribution >= 0.6 is 0 Å². The minimum Gasteiger partial charge on any atom is -0.375 e. The molecule has 130 valence electrons. The third-order valence-corrected chi connectivity index (χ3v) is 4.24. The van der Waals surface area contributed by atoms with Crippen LogP contribution in [0.4, 0.5) is 10.5 Å². The number of hydrogen-bond acceptors (Lipinski definition) is 4. The number of rotatable bonds is 7. The van der Waals surface area contributed by atoms with E-state index in [2.05, 4.69) is 10.2 Å². The Kier molecular flexibility index (Phi) is 5.78. The largest absolute Gasteiger partial charge is 0.375 e. The predicted molar refractivity (Wildman–Crippen MR) is 91.7 cm³/mol. The summed E-state index contributed by atoms with van der Waals surface area (Å²) in [6.45, 7) is 1.35. The van der Waals surface area contributed by atoms with Gasteiger partial charge >= 0.3 is 6.03 Å². The molecule has 1 heterocycles. The maximum Gasteiger partial charge on any atom is 0.326 e. The van der Waals surface area contributed by atoms with Crippen molar-refractivity contribution in [1.29, 1.82) is 0 Å². The maximum absolute atomic E-state index is 12.0. The lowest BCUT2D eigenvalue weighted by atomic mass is 10.2. The molecule has 0 bridgehead atoms. The minimum absolute atomic E-state index is 0.0000616. The van der Waals surface area contributed by atoms with Crippen molar-refractivity contribution in [1.82, 2.24) is 15.1 Å². The van der Waals surface area contributed by atoms with Crippen molar-refractivity contribution >= 4 is 23.5 Å². The van der Waals surface area contributed by atoms with Gasteiger partial charge < -0.3 is 15.1 Å². The van der Waals surface area contributed by atoms with Gasteiger partial charge in [0.2, 0.25) is 5.91 Å². The molecule has 1 N–H and O–H groups in total. The van der Waals surface area contributed by atoms with E-state index >= 15 is 0 Å². The van der Waals surface area contributed by atoms with Crippen LogP contribution in [0.25, 0.3) is 0 Å². The van der Waals surface area contributed by atoms with Gasteiger partial charge in [-0.2, -0.15) is 0 Å². The van der Waals surface area contributed by atoms with Crippen LogP contribution in [0.3, 0.4) is 0 Å². The molecule has 24 heavy (non-hydrogen) atoms. The van der Waals surface area contributed by atoms with E-state index in [-0.39, 0.29) is 24.3 Å². The first kappa shape index (κ1) is 17.8. The number of urea groups is 1. The standard InChI is InChI=1S/C17H24N4O3/c1-19(13-8-5-4-6-9-13)11-7-10-18-15(22)12-14-16(23)21(3)17(24)20(14)2/h4-6,8-9,14H,7,10-12H2,1-3H3,(H,18,22)/t14-/m0/s1. The van der Waals surface area contributed by atoms with Gasteiger partial charge in [-0.15, -0.1) is 0 Å². The summed E-state index contributed by atoms with van der Waals surface area (Å²) in [7, 11) is 4.97. The van der Waals surface area contributed by atoms with Crippen LogP contribution in [0.1, 0.15) is 12.8 Å². The van der Waals surface area contributed by atoms with E-state index in [0.29, 0.717) is 6.54 Å². The van der Waals surface area contributed by atoms with Gasteiger partial charge in [-0.1, -0.05) is 18.2 Å². The number of para-hydroxylation sites is 1. The lowest BCUT2D eigenvalue weighted by molar-refractivity contribution is -0.131. The second kappa shape index (κ2) is 7.81. The van der Waals surface area contributed by atoms with Crippen LogP contribution in [0.15, 0.2) is 30.3 Å². The van der Waals surface area contributed by atoms with Gasteiger partial charge in [0.15, 0.2) is 0 Å². The van der Waals surface area contributed by atoms with Crippen LogP contribution in [-0.2, 0) is 9.59 Å². The van der Waals surface area contributed by atoms with Crippen LogP contribution in [0.2, 0.25) is 0 Å². The topological polar surface area (TPSA) is 73.0 Å². The van der Waals surface area contributed by atoms with E-state index in [0.717, 1.165) is 23.6 Å². The number of carbonyl (C=O) groups excluding carboxylic acids is 3. The number of likely N-dealkylation sites (N-methyl/N-ethyl adjacent to an activating group) is 2. The summed E-state index contributed by atoms with van der Waals surface area (Å²) in [6, 6.07) is 8.95. The number of imide groups is 1. The Labute approximate surface area is 142 Å². The maximum atomic E-state index is 12.0. The second-order valence-corrected chi connectivity index (χ2v) is 5.97. The average molecular weight is 332 g/mol. The molecule has 1 saturated heterocycles. The summed E-state index contributed by atoms with van der Waals surface area (Å²) in [6.07, 6.45) is 0.796. The van der Waals surface area contributed by atoms with E-state index < -0.39 is 6.04 Å². The fourth-order valence-corrected chi connectivity index (χ4v) is 2.68. The summed E-state index contributed by atoms with van der Waals surface area (Å²) >= 11 is 0. The van der Waals surface area contributed by atoms with Gasteiger partial charge in [0.25, 0.3) is 5.91 Å². The molecule has 0 saturated carbocycles. The summed E-state index contributed by atoms with van der Waals surface area (Å²) < 4.78 is 0. The quantitative estimate of drug-likeness (QED) is 0.595. The molecule has 0 spiro atoms. The Morgan fingerprint density at radius 1 is 1.21 bits per heavy atom. The molecule has 0 radical (unpaired) electrons.